The molecule has 1 unspecified atom stereocenters. The van der Waals surface area contributed by atoms with Gasteiger partial charge in [0.2, 0.25) is 0 Å². The maximum Gasteiger partial charge on any atom is 0.171 e. The van der Waals surface area contributed by atoms with Gasteiger partial charge < -0.3 is 10.6 Å². The number of Topliss-reactive ketones (excluding diaryl/α,β-unsaturated/α-hetero) is 1. The summed E-state index contributed by atoms with van der Waals surface area (Å²) < 4.78 is 0. The SMILES string of the molecule is CC1NC(=S)NC2=C1C(=O)CC2. The summed E-state index contributed by atoms with van der Waals surface area (Å²) in [5.74, 6) is 0.250. The number of rotatable bonds is 0. The molecular formula is C8H10N2OS. The van der Waals surface area contributed by atoms with Crippen LogP contribution in [0.2, 0.25) is 0 Å². The van der Waals surface area contributed by atoms with Gasteiger partial charge in [0, 0.05) is 17.7 Å². The smallest absolute Gasteiger partial charge is 0.171 e. The van der Waals surface area contributed by atoms with Gasteiger partial charge in [-0.1, -0.05) is 0 Å². The number of ketones is 1. The van der Waals surface area contributed by atoms with Crippen LogP contribution in [0.4, 0.5) is 0 Å². The molecule has 0 aromatic heterocycles. The molecule has 0 aromatic rings. The van der Waals surface area contributed by atoms with Crippen LogP contribution in [0.1, 0.15) is 19.8 Å². The molecule has 0 bridgehead atoms. The van der Waals surface area contributed by atoms with Gasteiger partial charge in [-0.3, -0.25) is 4.79 Å². The monoisotopic (exact) mass is 182 g/mol. The van der Waals surface area contributed by atoms with E-state index >= 15 is 0 Å². The normalized spacial score (nSPS) is 28.2. The summed E-state index contributed by atoms with van der Waals surface area (Å²) in [6, 6.07) is 0.0868. The first-order valence-electron chi connectivity index (χ1n) is 4.02. The van der Waals surface area contributed by atoms with E-state index in [1.54, 1.807) is 0 Å². The van der Waals surface area contributed by atoms with Crippen molar-refractivity contribution >= 4 is 23.1 Å². The molecule has 4 heteroatoms. The van der Waals surface area contributed by atoms with E-state index in [1.165, 1.54) is 0 Å². The van der Waals surface area contributed by atoms with Crippen LogP contribution in [0.3, 0.4) is 0 Å². The summed E-state index contributed by atoms with van der Waals surface area (Å²) in [5.41, 5.74) is 1.92. The van der Waals surface area contributed by atoms with Crippen molar-refractivity contribution in [3.63, 3.8) is 0 Å². The molecule has 2 N–H and O–H groups in total. The molecule has 12 heavy (non-hydrogen) atoms. The number of thiocarbonyl (C=S) groups is 1. The Bertz CT molecular complexity index is 295. The average Bonchev–Trinajstić information content (AvgIpc) is 2.31. The Morgan fingerprint density at radius 3 is 3.00 bits per heavy atom. The minimum atomic E-state index is 0.0868. The molecule has 0 fully saturated rings. The summed E-state index contributed by atoms with van der Waals surface area (Å²) in [6.45, 7) is 1.96. The lowest BCUT2D eigenvalue weighted by atomic mass is 10.1. The van der Waals surface area contributed by atoms with Crippen LogP contribution in [0.15, 0.2) is 11.3 Å². The molecule has 0 spiro atoms. The molecule has 3 nitrogen and oxygen atoms in total. The highest BCUT2D eigenvalue weighted by atomic mass is 32.1. The number of carbonyl (C=O) groups excluding carboxylic acids is 1. The highest BCUT2D eigenvalue weighted by molar-refractivity contribution is 7.80. The molecule has 1 atom stereocenters. The van der Waals surface area contributed by atoms with Crippen LogP contribution < -0.4 is 10.6 Å². The molecule has 0 saturated heterocycles. The van der Waals surface area contributed by atoms with Gasteiger partial charge in [0.05, 0.1) is 6.04 Å². The Labute approximate surface area is 76.2 Å². The third kappa shape index (κ3) is 1.03. The Morgan fingerprint density at radius 1 is 1.50 bits per heavy atom. The Hall–Kier alpha value is -0.900. The van der Waals surface area contributed by atoms with Crippen LogP contribution in [0.25, 0.3) is 0 Å². The summed E-state index contributed by atoms with van der Waals surface area (Å²) >= 11 is 4.98. The molecular weight excluding hydrogens is 172 g/mol. The molecule has 0 amide bonds. The third-order valence-electron chi connectivity index (χ3n) is 2.27. The topological polar surface area (TPSA) is 41.1 Å². The van der Waals surface area contributed by atoms with Gasteiger partial charge in [0.1, 0.15) is 0 Å². The van der Waals surface area contributed by atoms with Crippen molar-refractivity contribution in [1.82, 2.24) is 10.6 Å². The van der Waals surface area contributed by atoms with Crippen LogP contribution in [-0.4, -0.2) is 16.9 Å². The van der Waals surface area contributed by atoms with E-state index in [9.17, 15) is 4.79 Å². The number of allylic oxidation sites excluding steroid dienone is 1. The van der Waals surface area contributed by atoms with E-state index in [1.807, 2.05) is 6.92 Å². The molecule has 0 radical (unpaired) electrons. The van der Waals surface area contributed by atoms with Crippen molar-refractivity contribution in [3.8, 4) is 0 Å². The van der Waals surface area contributed by atoms with E-state index in [0.717, 1.165) is 17.7 Å². The van der Waals surface area contributed by atoms with Gasteiger partial charge in [-0.25, -0.2) is 0 Å². The lowest BCUT2D eigenvalue weighted by molar-refractivity contribution is -0.115. The molecule has 0 aromatic carbocycles. The van der Waals surface area contributed by atoms with Gasteiger partial charge in [0.25, 0.3) is 0 Å². The fraction of sp³-hybridized carbons (Fsp3) is 0.500. The standard InChI is InChI=1S/C8H10N2OS/c1-4-7-5(2-3-6(7)11)10-8(12)9-4/h4H,2-3H2,1H3,(H2,9,10,12). The zero-order valence-corrected chi connectivity index (χ0v) is 7.62. The average molecular weight is 182 g/mol. The summed E-state index contributed by atoms with van der Waals surface area (Å²) in [4.78, 5) is 11.3. The van der Waals surface area contributed by atoms with Gasteiger partial charge >= 0.3 is 0 Å². The van der Waals surface area contributed by atoms with Gasteiger partial charge in [0.15, 0.2) is 10.9 Å². The fourth-order valence-corrected chi connectivity index (χ4v) is 2.05. The second kappa shape index (κ2) is 2.55. The number of nitrogens with one attached hydrogen (secondary N) is 2. The minimum absolute atomic E-state index is 0.0868. The molecule has 1 aliphatic heterocycles. The van der Waals surface area contributed by atoms with Gasteiger partial charge in [-0.15, -0.1) is 0 Å². The van der Waals surface area contributed by atoms with Crippen molar-refractivity contribution in [2.75, 3.05) is 0 Å². The van der Waals surface area contributed by atoms with E-state index < -0.39 is 0 Å². The van der Waals surface area contributed by atoms with Crippen molar-refractivity contribution in [3.05, 3.63) is 11.3 Å². The number of hydrogen-bond acceptors (Lipinski definition) is 2. The van der Waals surface area contributed by atoms with E-state index in [4.69, 9.17) is 12.2 Å². The number of hydrogen-bond donors (Lipinski definition) is 2. The predicted molar refractivity (Wildman–Crippen MR) is 49.6 cm³/mol. The fourth-order valence-electron chi connectivity index (χ4n) is 1.75. The van der Waals surface area contributed by atoms with Crippen molar-refractivity contribution in [2.24, 2.45) is 0 Å². The van der Waals surface area contributed by atoms with Crippen LogP contribution >= 0.6 is 12.2 Å². The summed E-state index contributed by atoms with van der Waals surface area (Å²) in [5, 5.41) is 6.68. The van der Waals surface area contributed by atoms with Gasteiger partial charge in [-0.05, 0) is 25.6 Å². The van der Waals surface area contributed by atoms with Gasteiger partial charge in [-0.2, -0.15) is 0 Å². The van der Waals surface area contributed by atoms with E-state index in [-0.39, 0.29) is 11.8 Å². The first-order chi connectivity index (χ1) is 5.68. The number of carbonyl (C=O) groups is 1. The van der Waals surface area contributed by atoms with Crippen molar-refractivity contribution in [1.29, 1.82) is 0 Å². The highest BCUT2D eigenvalue weighted by Gasteiger charge is 2.31. The summed E-state index contributed by atoms with van der Waals surface area (Å²) in [7, 11) is 0. The van der Waals surface area contributed by atoms with E-state index in [2.05, 4.69) is 10.6 Å². The molecule has 2 rings (SSSR count). The zero-order chi connectivity index (χ0) is 8.72. The predicted octanol–water partition coefficient (Wildman–Crippen LogP) is 0.470. The van der Waals surface area contributed by atoms with Crippen LogP contribution in [0, 0.1) is 0 Å². The second-order valence-electron chi connectivity index (χ2n) is 3.14. The Morgan fingerprint density at radius 2 is 2.25 bits per heavy atom. The molecule has 64 valence electrons. The molecule has 1 heterocycles. The first-order valence-corrected chi connectivity index (χ1v) is 4.43. The Balaban J connectivity index is 2.37. The van der Waals surface area contributed by atoms with Crippen molar-refractivity contribution in [2.45, 2.75) is 25.8 Å². The third-order valence-corrected chi connectivity index (χ3v) is 2.49. The quantitative estimate of drug-likeness (QED) is 0.534. The minimum Gasteiger partial charge on any atom is -0.356 e. The summed E-state index contributed by atoms with van der Waals surface area (Å²) in [6.07, 6.45) is 1.45. The molecule has 2 aliphatic rings. The van der Waals surface area contributed by atoms with Crippen LogP contribution in [0.5, 0.6) is 0 Å². The zero-order valence-electron chi connectivity index (χ0n) is 6.81. The maximum absolute atomic E-state index is 11.3. The van der Waals surface area contributed by atoms with Crippen molar-refractivity contribution < 1.29 is 4.79 Å². The lowest BCUT2D eigenvalue weighted by Crippen LogP contribution is -2.46. The van der Waals surface area contributed by atoms with E-state index in [0.29, 0.717) is 11.5 Å². The molecule has 1 aliphatic carbocycles. The Kier molecular flexibility index (Phi) is 1.65. The first kappa shape index (κ1) is 7.73. The maximum atomic E-state index is 11.3. The lowest BCUT2D eigenvalue weighted by Gasteiger charge is -2.24. The largest absolute Gasteiger partial charge is 0.356 e. The second-order valence-corrected chi connectivity index (χ2v) is 3.54. The molecule has 0 saturated carbocycles. The highest BCUT2D eigenvalue weighted by Crippen LogP contribution is 2.25. The van der Waals surface area contributed by atoms with Crippen LogP contribution in [-0.2, 0) is 4.79 Å².